The zero-order valence-electron chi connectivity index (χ0n) is 33.4. The van der Waals surface area contributed by atoms with Gasteiger partial charge in [-0.2, -0.15) is 0 Å². The Hall–Kier alpha value is -1.27. The normalized spacial score (nSPS) is 56.2. The molecular weight excluding hydrogens is 716 g/mol. The highest BCUT2D eigenvalue weighted by Gasteiger charge is 2.72. The van der Waals surface area contributed by atoms with Gasteiger partial charge in [0.05, 0.1) is 36.4 Å². The second-order valence-electron chi connectivity index (χ2n) is 20.0. The molecule has 2 saturated heterocycles. The molecule has 9 N–H and O–H groups in total. The molecule has 2 heterocycles. The summed E-state index contributed by atoms with van der Waals surface area (Å²) in [5, 5.41) is 97.8. The number of esters is 1. The number of allylic oxidation sites excluding steroid dienone is 1. The lowest BCUT2D eigenvalue weighted by molar-refractivity contribution is -0.353. The maximum Gasteiger partial charge on any atom is 0.315 e. The molecule has 5 aliphatic carbocycles. The van der Waals surface area contributed by atoms with E-state index in [9.17, 15) is 46.0 Å². The summed E-state index contributed by atoms with van der Waals surface area (Å²) in [7, 11) is 0. The third kappa shape index (κ3) is 5.89. The predicted molar refractivity (Wildman–Crippen MR) is 194 cm³/mol. The van der Waals surface area contributed by atoms with Crippen LogP contribution >= 0.6 is 0 Å². The highest BCUT2D eigenvalue weighted by molar-refractivity contribution is 5.79. The van der Waals surface area contributed by atoms with E-state index in [4.69, 9.17) is 18.9 Å². The third-order valence-corrected chi connectivity index (χ3v) is 17.2. The Balaban J connectivity index is 1.24. The molecule has 0 aromatic carbocycles. The van der Waals surface area contributed by atoms with Crippen LogP contribution in [0.5, 0.6) is 0 Å². The largest absolute Gasteiger partial charge is 0.432 e. The summed E-state index contributed by atoms with van der Waals surface area (Å²) in [5.74, 6) is -1.13. The van der Waals surface area contributed by atoms with Gasteiger partial charge in [0.25, 0.3) is 0 Å². The molecular formula is C41H66O14. The van der Waals surface area contributed by atoms with Gasteiger partial charge in [-0.15, -0.1) is 0 Å². The minimum absolute atomic E-state index is 0.166. The first-order valence-corrected chi connectivity index (χ1v) is 20.5. The summed E-state index contributed by atoms with van der Waals surface area (Å²) in [5.41, 5.74) is -2.95. The van der Waals surface area contributed by atoms with Gasteiger partial charge in [0.15, 0.2) is 12.4 Å². The van der Waals surface area contributed by atoms with Crippen molar-refractivity contribution in [1.82, 2.24) is 0 Å². The molecule has 0 aromatic rings. The van der Waals surface area contributed by atoms with Crippen LogP contribution in [0, 0.1) is 50.7 Å². The number of carbonyl (C=O) groups excluding carboxylic acids is 1. The molecule has 0 amide bonds. The molecule has 0 radical (unpaired) electrons. The minimum atomic E-state index is -1.78. The molecule has 14 heteroatoms. The highest BCUT2D eigenvalue weighted by atomic mass is 16.8. The number of aliphatic hydroxyl groups excluding tert-OH is 8. The molecule has 55 heavy (non-hydrogen) atoms. The fraction of sp³-hybridized carbons (Fsp3) is 0.927. The Morgan fingerprint density at radius 1 is 0.836 bits per heavy atom. The van der Waals surface area contributed by atoms with Crippen molar-refractivity contribution in [2.75, 3.05) is 13.2 Å². The van der Waals surface area contributed by atoms with Gasteiger partial charge in [0.2, 0.25) is 6.29 Å². The van der Waals surface area contributed by atoms with Crippen molar-refractivity contribution in [2.24, 2.45) is 50.7 Å². The van der Waals surface area contributed by atoms with E-state index in [-0.39, 0.29) is 28.6 Å². The van der Waals surface area contributed by atoms with Crippen molar-refractivity contribution in [3.8, 4) is 0 Å². The lowest BCUT2D eigenvalue weighted by Gasteiger charge is -2.72. The Labute approximate surface area is 323 Å². The van der Waals surface area contributed by atoms with Gasteiger partial charge in [-0.3, -0.25) is 4.79 Å². The molecule has 314 valence electrons. The van der Waals surface area contributed by atoms with Crippen LogP contribution in [0.3, 0.4) is 0 Å². The number of rotatable bonds is 5. The van der Waals surface area contributed by atoms with Crippen molar-refractivity contribution in [3.05, 3.63) is 11.6 Å². The van der Waals surface area contributed by atoms with Gasteiger partial charge in [-0.05, 0) is 97.7 Å². The van der Waals surface area contributed by atoms with E-state index >= 15 is 4.79 Å². The SMILES string of the molecule is C[C@@H]1CC[C@]2(C(=O)O[C@@H]3O[C@H](CO)[C@@H](O)[C@H](O)[C@H]3O[C@@H]3OC[C@@H](O)[C@H](O)[C@H]3O)CC[C@]3(C)C(=CCC4[C@@]5(C)C[C@@H](O)[C@@H](O)C(C)(C)C5CC[C@]43C)C2[C@]1(C)O. The maximum absolute atomic E-state index is 15.0. The van der Waals surface area contributed by atoms with E-state index in [1.807, 2.05) is 6.92 Å². The summed E-state index contributed by atoms with van der Waals surface area (Å²) < 4.78 is 23.3. The van der Waals surface area contributed by atoms with Gasteiger partial charge in [0.1, 0.15) is 36.6 Å². The highest BCUT2D eigenvalue weighted by Crippen LogP contribution is 2.76. The Morgan fingerprint density at radius 2 is 1.53 bits per heavy atom. The van der Waals surface area contributed by atoms with E-state index in [0.29, 0.717) is 38.5 Å². The zero-order valence-corrected chi connectivity index (χ0v) is 33.4. The fourth-order valence-electron chi connectivity index (χ4n) is 13.5. The van der Waals surface area contributed by atoms with E-state index in [2.05, 4.69) is 40.7 Å². The number of aliphatic hydroxyl groups is 9. The molecule has 20 atom stereocenters. The number of fused-ring (bicyclic) bond motifs is 7. The monoisotopic (exact) mass is 782 g/mol. The van der Waals surface area contributed by atoms with Crippen LogP contribution in [-0.2, 0) is 23.7 Å². The van der Waals surface area contributed by atoms with Crippen molar-refractivity contribution in [3.63, 3.8) is 0 Å². The van der Waals surface area contributed by atoms with Gasteiger partial charge in [-0.1, -0.05) is 53.2 Å². The second-order valence-corrected chi connectivity index (χ2v) is 20.0. The quantitative estimate of drug-likeness (QED) is 0.139. The average molecular weight is 783 g/mol. The fourth-order valence-corrected chi connectivity index (χ4v) is 13.5. The zero-order chi connectivity index (χ0) is 40.4. The Kier molecular flexibility index (Phi) is 10.6. The Morgan fingerprint density at radius 3 is 2.20 bits per heavy atom. The van der Waals surface area contributed by atoms with Crippen molar-refractivity contribution >= 4 is 5.97 Å². The van der Waals surface area contributed by atoms with Crippen LogP contribution in [0.25, 0.3) is 0 Å². The number of hydrogen-bond acceptors (Lipinski definition) is 14. The van der Waals surface area contributed by atoms with E-state index in [0.717, 1.165) is 18.4 Å². The van der Waals surface area contributed by atoms with E-state index in [1.165, 1.54) is 0 Å². The summed E-state index contributed by atoms with van der Waals surface area (Å²) in [6.07, 6.45) is -9.01. The molecule has 6 fully saturated rings. The lowest BCUT2D eigenvalue weighted by atomic mass is 9.33. The number of hydrogen-bond donors (Lipinski definition) is 9. The van der Waals surface area contributed by atoms with Gasteiger partial charge >= 0.3 is 5.97 Å². The standard InChI is InChI=1S/C41H66O14/c1-19-10-13-41(35(50)55-34-30(28(47)27(46)23(17-42)53-34)54-33-29(48)26(45)22(44)18-52-33)15-14-38(5)20(31(41)40(19,7)51)8-9-25-37(4)16-21(43)32(49)36(2,3)24(37)11-12-39(25,38)6/h8,19,21-34,42-49,51H,9-18H2,1-7H3/t19-,21-,22-,23-,24?,25?,26+,27-,28+,29-,30-,31?,32-,33+,34+,37+,38-,39-,40-,41+/m1/s1. The van der Waals surface area contributed by atoms with Gasteiger partial charge in [0, 0.05) is 5.92 Å². The third-order valence-electron chi connectivity index (χ3n) is 17.2. The molecule has 4 saturated carbocycles. The maximum atomic E-state index is 15.0. The molecule has 14 nitrogen and oxygen atoms in total. The first-order chi connectivity index (χ1) is 25.5. The predicted octanol–water partition coefficient (Wildman–Crippen LogP) is 0.897. The summed E-state index contributed by atoms with van der Waals surface area (Å²) in [6.45, 7) is 13.7. The first kappa shape index (κ1) is 41.9. The smallest absolute Gasteiger partial charge is 0.315 e. The molecule has 3 unspecified atom stereocenters. The van der Waals surface area contributed by atoms with Crippen molar-refractivity contribution in [1.29, 1.82) is 0 Å². The molecule has 0 spiro atoms. The molecule has 7 aliphatic rings. The van der Waals surface area contributed by atoms with Crippen LogP contribution in [0.2, 0.25) is 0 Å². The summed E-state index contributed by atoms with van der Waals surface area (Å²) in [6, 6.07) is 0. The molecule has 2 aliphatic heterocycles. The van der Waals surface area contributed by atoms with E-state index in [1.54, 1.807) is 6.92 Å². The Bertz CT molecular complexity index is 1500. The number of ether oxygens (including phenoxy) is 4. The van der Waals surface area contributed by atoms with Crippen LogP contribution in [0.15, 0.2) is 11.6 Å². The molecule has 0 bridgehead atoms. The second kappa shape index (κ2) is 13.9. The minimum Gasteiger partial charge on any atom is -0.432 e. The van der Waals surface area contributed by atoms with Gasteiger partial charge in [-0.25, -0.2) is 0 Å². The molecule has 0 aromatic heterocycles. The van der Waals surface area contributed by atoms with Crippen molar-refractivity contribution < 1.29 is 69.7 Å². The average Bonchev–Trinajstić information content (AvgIpc) is 3.12. The van der Waals surface area contributed by atoms with Gasteiger partial charge < -0.3 is 64.9 Å². The summed E-state index contributed by atoms with van der Waals surface area (Å²) in [4.78, 5) is 15.0. The van der Waals surface area contributed by atoms with Crippen LogP contribution < -0.4 is 0 Å². The molecule has 7 rings (SSSR count). The van der Waals surface area contributed by atoms with Crippen LogP contribution in [-0.4, -0.2) is 138 Å². The van der Waals surface area contributed by atoms with Crippen LogP contribution in [0.1, 0.15) is 99.8 Å². The topological polar surface area (TPSA) is 236 Å². The van der Waals surface area contributed by atoms with Crippen LogP contribution in [0.4, 0.5) is 0 Å². The summed E-state index contributed by atoms with van der Waals surface area (Å²) >= 11 is 0. The number of carbonyl (C=O) groups is 1. The first-order valence-electron chi connectivity index (χ1n) is 20.5. The van der Waals surface area contributed by atoms with E-state index < -0.39 is 114 Å². The van der Waals surface area contributed by atoms with Crippen molar-refractivity contribution in [2.45, 2.75) is 173 Å². The lowest BCUT2D eigenvalue weighted by Crippen LogP contribution is -2.69.